The van der Waals surface area contributed by atoms with Gasteiger partial charge in [0.15, 0.2) is 0 Å². The summed E-state index contributed by atoms with van der Waals surface area (Å²) in [5, 5.41) is 18.8. The first-order valence-corrected chi connectivity index (χ1v) is 14.0. The van der Waals surface area contributed by atoms with E-state index in [2.05, 4.69) is 93.2 Å². The molecule has 1 fully saturated rings. The van der Waals surface area contributed by atoms with Crippen molar-refractivity contribution in [2.75, 3.05) is 51.2 Å². The smallest absolute Gasteiger partial charge is 0.317 e. The number of rotatable bonds is 6. The highest BCUT2D eigenvalue weighted by Crippen LogP contribution is 2.31. The molecule has 2 aliphatic heterocycles. The number of nitrogens with zero attached hydrogens (tertiary/aromatic N) is 5. The van der Waals surface area contributed by atoms with Crippen molar-refractivity contribution in [3.05, 3.63) is 68.9 Å². The lowest BCUT2D eigenvalue weighted by Gasteiger charge is -2.37. The SMILES string of the molecule is CNC(=O)N1CCc2c(c(-c3ccc(I)cc3)nn2CC(O)CN2CCN(c3ccccc3C)CC2)C1. The van der Waals surface area contributed by atoms with E-state index in [0.29, 0.717) is 26.2 Å². The summed E-state index contributed by atoms with van der Waals surface area (Å²) >= 11 is 2.30. The number of aliphatic hydroxyl groups is 1. The molecule has 1 saturated heterocycles. The van der Waals surface area contributed by atoms with Crippen molar-refractivity contribution >= 4 is 34.3 Å². The molecule has 3 heterocycles. The summed E-state index contributed by atoms with van der Waals surface area (Å²) in [6.45, 7) is 8.17. The predicted octanol–water partition coefficient (Wildman–Crippen LogP) is 3.34. The van der Waals surface area contributed by atoms with Gasteiger partial charge in [-0.3, -0.25) is 9.58 Å². The summed E-state index contributed by atoms with van der Waals surface area (Å²) in [4.78, 5) is 19.0. The number of urea groups is 1. The maximum atomic E-state index is 12.3. The van der Waals surface area contributed by atoms with Gasteiger partial charge in [-0.25, -0.2) is 4.79 Å². The molecule has 196 valence electrons. The number of fused-ring (bicyclic) bond motifs is 1. The highest BCUT2D eigenvalue weighted by atomic mass is 127. The van der Waals surface area contributed by atoms with E-state index < -0.39 is 6.10 Å². The van der Waals surface area contributed by atoms with Gasteiger partial charge in [0.2, 0.25) is 0 Å². The van der Waals surface area contributed by atoms with Gasteiger partial charge >= 0.3 is 6.03 Å². The van der Waals surface area contributed by atoms with E-state index in [0.717, 1.165) is 55.1 Å². The van der Waals surface area contributed by atoms with Crippen LogP contribution in [0.15, 0.2) is 48.5 Å². The first-order chi connectivity index (χ1) is 17.9. The van der Waals surface area contributed by atoms with Crippen LogP contribution in [0.5, 0.6) is 0 Å². The Morgan fingerprint density at radius 3 is 2.49 bits per heavy atom. The number of carbonyl (C=O) groups is 1. The first kappa shape index (κ1) is 26.0. The number of benzene rings is 2. The lowest BCUT2D eigenvalue weighted by atomic mass is 10.0. The van der Waals surface area contributed by atoms with E-state index in [9.17, 15) is 9.90 Å². The molecule has 5 rings (SSSR count). The van der Waals surface area contributed by atoms with Crippen LogP contribution in [0.2, 0.25) is 0 Å². The van der Waals surface area contributed by atoms with Gasteiger partial charge in [-0.2, -0.15) is 5.10 Å². The molecule has 3 aromatic rings. The zero-order valence-electron chi connectivity index (χ0n) is 21.5. The normalized spacial score (nSPS) is 17.0. The minimum absolute atomic E-state index is 0.0724. The van der Waals surface area contributed by atoms with E-state index >= 15 is 0 Å². The zero-order valence-corrected chi connectivity index (χ0v) is 23.7. The fourth-order valence-corrected chi connectivity index (χ4v) is 5.82. The van der Waals surface area contributed by atoms with Crippen molar-refractivity contribution in [3.8, 4) is 11.3 Å². The van der Waals surface area contributed by atoms with Crippen LogP contribution >= 0.6 is 22.6 Å². The minimum atomic E-state index is -0.518. The largest absolute Gasteiger partial charge is 0.390 e. The van der Waals surface area contributed by atoms with Gasteiger partial charge in [0.1, 0.15) is 0 Å². The molecule has 0 radical (unpaired) electrons. The molecule has 37 heavy (non-hydrogen) atoms. The van der Waals surface area contributed by atoms with Gasteiger partial charge in [0.05, 0.1) is 24.9 Å². The van der Waals surface area contributed by atoms with Crippen LogP contribution in [0, 0.1) is 10.5 Å². The van der Waals surface area contributed by atoms with Crippen LogP contribution in [0.25, 0.3) is 11.3 Å². The number of carbonyl (C=O) groups excluding carboxylic acids is 1. The number of β-amino-alcohol motifs (C(OH)–C–C–N with tert-alkyl or cyclic N) is 1. The summed E-state index contributed by atoms with van der Waals surface area (Å²) in [5.41, 5.74) is 6.75. The molecule has 0 aliphatic carbocycles. The van der Waals surface area contributed by atoms with Gasteiger partial charge in [-0.05, 0) is 53.3 Å². The first-order valence-electron chi connectivity index (χ1n) is 12.9. The van der Waals surface area contributed by atoms with Crippen LogP contribution in [-0.4, -0.2) is 83.1 Å². The molecule has 2 amide bonds. The maximum absolute atomic E-state index is 12.3. The Labute approximate surface area is 232 Å². The molecule has 0 bridgehead atoms. The molecule has 1 atom stereocenters. The quantitative estimate of drug-likeness (QED) is 0.417. The van der Waals surface area contributed by atoms with E-state index in [1.807, 2.05) is 9.58 Å². The van der Waals surface area contributed by atoms with Crippen molar-refractivity contribution in [2.45, 2.75) is 32.5 Å². The third kappa shape index (κ3) is 5.78. The van der Waals surface area contributed by atoms with Crippen LogP contribution in [0.4, 0.5) is 10.5 Å². The predicted molar refractivity (Wildman–Crippen MR) is 155 cm³/mol. The van der Waals surface area contributed by atoms with Gasteiger partial charge in [0, 0.05) is 78.8 Å². The summed E-state index contributed by atoms with van der Waals surface area (Å²) < 4.78 is 3.15. The van der Waals surface area contributed by atoms with E-state index in [4.69, 9.17) is 5.10 Å². The summed E-state index contributed by atoms with van der Waals surface area (Å²) in [7, 11) is 1.67. The molecule has 1 unspecified atom stereocenters. The Hall–Kier alpha value is -2.63. The number of aliphatic hydroxyl groups excluding tert-OH is 1. The number of piperazine rings is 1. The number of hydrogen-bond donors (Lipinski definition) is 2. The Balaban J connectivity index is 1.28. The van der Waals surface area contributed by atoms with Crippen molar-refractivity contribution in [2.24, 2.45) is 0 Å². The van der Waals surface area contributed by atoms with Crippen LogP contribution in [-0.2, 0) is 19.5 Å². The third-order valence-electron chi connectivity index (χ3n) is 7.43. The number of para-hydroxylation sites is 1. The average Bonchev–Trinajstić information content (AvgIpc) is 3.26. The Kier molecular flexibility index (Phi) is 8.01. The maximum Gasteiger partial charge on any atom is 0.317 e. The minimum Gasteiger partial charge on any atom is -0.390 e. The van der Waals surface area contributed by atoms with Gasteiger partial charge in [-0.15, -0.1) is 0 Å². The molecule has 2 N–H and O–H groups in total. The topological polar surface area (TPSA) is 76.9 Å². The molecule has 1 aromatic heterocycles. The molecule has 2 aromatic carbocycles. The van der Waals surface area contributed by atoms with Crippen LogP contribution in [0.3, 0.4) is 0 Å². The number of hydrogen-bond acceptors (Lipinski definition) is 5. The Morgan fingerprint density at radius 2 is 1.78 bits per heavy atom. The van der Waals surface area contributed by atoms with Crippen molar-refractivity contribution in [1.29, 1.82) is 0 Å². The highest BCUT2D eigenvalue weighted by Gasteiger charge is 2.29. The van der Waals surface area contributed by atoms with Crippen LogP contribution in [0.1, 0.15) is 16.8 Å². The molecular weight excluding hydrogens is 579 g/mol. The molecule has 9 heteroatoms. The molecular formula is C28H35IN6O2. The standard InChI is InChI=1S/C28H35IN6O2/c1-20-5-3-4-6-25(20)33-15-13-32(14-16-33)17-23(36)18-35-26-11-12-34(28(37)30-2)19-24(26)27(31-35)21-7-9-22(29)10-8-21/h3-10,23,36H,11-19H2,1-2H3,(H,30,37). The molecule has 8 nitrogen and oxygen atoms in total. The van der Waals surface area contributed by atoms with Crippen LogP contribution < -0.4 is 10.2 Å². The Bertz CT molecular complexity index is 1240. The highest BCUT2D eigenvalue weighted by molar-refractivity contribution is 14.1. The molecule has 2 aliphatic rings. The van der Waals surface area contributed by atoms with Gasteiger partial charge in [-0.1, -0.05) is 30.3 Å². The van der Waals surface area contributed by atoms with E-state index in [-0.39, 0.29) is 6.03 Å². The number of nitrogens with one attached hydrogen (secondary N) is 1. The third-order valence-corrected chi connectivity index (χ3v) is 8.15. The summed E-state index contributed by atoms with van der Waals surface area (Å²) in [6.07, 6.45) is 0.206. The van der Waals surface area contributed by atoms with E-state index in [1.165, 1.54) is 14.8 Å². The summed E-state index contributed by atoms with van der Waals surface area (Å²) in [5.74, 6) is 0. The zero-order chi connectivity index (χ0) is 25.9. The van der Waals surface area contributed by atoms with Crippen molar-refractivity contribution in [3.63, 3.8) is 0 Å². The second-order valence-corrected chi connectivity index (χ2v) is 11.2. The number of amides is 2. The molecule has 0 saturated carbocycles. The fraction of sp³-hybridized carbons (Fsp3) is 0.429. The Morgan fingerprint density at radius 1 is 1.05 bits per heavy atom. The molecule has 0 spiro atoms. The van der Waals surface area contributed by atoms with Crippen molar-refractivity contribution in [1.82, 2.24) is 24.9 Å². The fourth-order valence-electron chi connectivity index (χ4n) is 5.46. The monoisotopic (exact) mass is 614 g/mol. The van der Waals surface area contributed by atoms with Gasteiger partial charge < -0.3 is 20.2 Å². The second-order valence-electron chi connectivity index (χ2n) is 9.92. The van der Waals surface area contributed by atoms with E-state index in [1.54, 1.807) is 7.05 Å². The van der Waals surface area contributed by atoms with Gasteiger partial charge in [0.25, 0.3) is 0 Å². The number of halogens is 1. The number of aryl methyl sites for hydroxylation is 1. The second kappa shape index (κ2) is 11.4. The summed E-state index contributed by atoms with van der Waals surface area (Å²) in [6, 6.07) is 16.8. The number of anilines is 1. The lowest BCUT2D eigenvalue weighted by molar-refractivity contribution is 0.0909. The number of aromatic nitrogens is 2. The van der Waals surface area contributed by atoms with Crippen molar-refractivity contribution < 1.29 is 9.90 Å². The average molecular weight is 615 g/mol. The lowest BCUT2D eigenvalue weighted by Crippen LogP contribution is -2.49.